The van der Waals surface area contributed by atoms with Crippen LogP contribution in [-0.4, -0.2) is 41.4 Å². The molecule has 0 N–H and O–H groups in total. The standard InChI is InChI=1S/C23H24N2O5S/c1-2-3-15-30-16-7-14-24-22(26)20(17-10-12-18(13-11-17)25(28)29)21(23(24)27)31-19-8-5-4-6-9-19/h4-6,8-13H,2-3,7,14-16H2,1H3. The molecule has 8 heteroatoms. The number of thioether (sulfide) groups is 1. The van der Waals surface area contributed by atoms with Gasteiger partial charge in [0.05, 0.1) is 15.4 Å². The second-order valence-corrected chi connectivity index (χ2v) is 8.09. The van der Waals surface area contributed by atoms with Crippen LogP contribution >= 0.6 is 11.8 Å². The van der Waals surface area contributed by atoms with Gasteiger partial charge < -0.3 is 4.74 Å². The third kappa shape index (κ3) is 5.59. The van der Waals surface area contributed by atoms with Crippen molar-refractivity contribution in [3.8, 4) is 0 Å². The largest absolute Gasteiger partial charge is 0.381 e. The van der Waals surface area contributed by atoms with Gasteiger partial charge in [-0.05, 0) is 42.7 Å². The SMILES string of the molecule is CCCCOCCCN1C(=O)C(Sc2ccccc2)=C(c2ccc([N+](=O)[O-])cc2)C1=O. The van der Waals surface area contributed by atoms with E-state index < -0.39 is 4.92 Å². The molecule has 0 radical (unpaired) electrons. The zero-order valence-corrected chi connectivity index (χ0v) is 18.1. The number of amides is 2. The summed E-state index contributed by atoms with van der Waals surface area (Å²) in [6.45, 7) is 3.49. The lowest BCUT2D eigenvalue weighted by molar-refractivity contribution is -0.384. The quantitative estimate of drug-likeness (QED) is 0.218. The summed E-state index contributed by atoms with van der Waals surface area (Å²) < 4.78 is 5.54. The lowest BCUT2D eigenvalue weighted by Gasteiger charge is -2.15. The van der Waals surface area contributed by atoms with Gasteiger partial charge in [0.15, 0.2) is 0 Å². The molecule has 0 fully saturated rings. The Morgan fingerprint density at radius 2 is 1.65 bits per heavy atom. The van der Waals surface area contributed by atoms with Crippen molar-refractivity contribution in [2.75, 3.05) is 19.8 Å². The fourth-order valence-corrected chi connectivity index (χ4v) is 4.17. The molecule has 0 aromatic heterocycles. The average molecular weight is 441 g/mol. The summed E-state index contributed by atoms with van der Waals surface area (Å²) in [6, 6.07) is 15.1. The number of carbonyl (C=O) groups is 2. The van der Waals surface area contributed by atoms with Gasteiger partial charge in [-0.25, -0.2) is 0 Å². The molecule has 0 aliphatic carbocycles. The maximum absolute atomic E-state index is 13.2. The molecule has 31 heavy (non-hydrogen) atoms. The normalized spacial score (nSPS) is 13.9. The number of hydrogen-bond donors (Lipinski definition) is 0. The average Bonchev–Trinajstić information content (AvgIpc) is 3.01. The van der Waals surface area contributed by atoms with Gasteiger partial charge in [-0.1, -0.05) is 43.3 Å². The molecule has 162 valence electrons. The highest BCUT2D eigenvalue weighted by atomic mass is 32.2. The van der Waals surface area contributed by atoms with Crippen molar-refractivity contribution in [3.63, 3.8) is 0 Å². The summed E-state index contributed by atoms with van der Waals surface area (Å²) in [7, 11) is 0. The number of benzene rings is 2. The van der Waals surface area contributed by atoms with Gasteiger partial charge >= 0.3 is 0 Å². The van der Waals surface area contributed by atoms with E-state index in [0.717, 1.165) is 17.7 Å². The minimum absolute atomic E-state index is 0.0699. The van der Waals surface area contributed by atoms with Crippen LogP contribution in [0, 0.1) is 10.1 Å². The second kappa shape index (κ2) is 10.9. The van der Waals surface area contributed by atoms with Crippen molar-refractivity contribution in [3.05, 3.63) is 75.2 Å². The van der Waals surface area contributed by atoms with Crippen LogP contribution in [0.5, 0.6) is 0 Å². The zero-order chi connectivity index (χ0) is 22.2. The Labute approximate surface area is 185 Å². The molecule has 0 saturated carbocycles. The number of non-ortho nitro benzene ring substituents is 1. The van der Waals surface area contributed by atoms with E-state index in [1.54, 1.807) is 0 Å². The van der Waals surface area contributed by atoms with Crippen molar-refractivity contribution < 1.29 is 19.2 Å². The van der Waals surface area contributed by atoms with E-state index in [9.17, 15) is 19.7 Å². The smallest absolute Gasteiger partial charge is 0.269 e. The van der Waals surface area contributed by atoms with Crippen LogP contribution in [0.1, 0.15) is 31.7 Å². The first-order valence-electron chi connectivity index (χ1n) is 10.2. The minimum Gasteiger partial charge on any atom is -0.381 e. The Morgan fingerprint density at radius 1 is 0.968 bits per heavy atom. The van der Waals surface area contributed by atoms with Gasteiger partial charge in [0.1, 0.15) is 0 Å². The predicted octanol–water partition coefficient (Wildman–Crippen LogP) is 4.67. The molecule has 7 nitrogen and oxygen atoms in total. The van der Waals surface area contributed by atoms with Crippen LogP contribution in [0.25, 0.3) is 5.57 Å². The molecule has 2 amide bonds. The van der Waals surface area contributed by atoms with Crippen LogP contribution in [-0.2, 0) is 14.3 Å². The van der Waals surface area contributed by atoms with Crippen LogP contribution in [0.2, 0.25) is 0 Å². The highest BCUT2D eigenvalue weighted by molar-refractivity contribution is 8.04. The monoisotopic (exact) mass is 440 g/mol. The summed E-state index contributed by atoms with van der Waals surface area (Å²) in [5.74, 6) is -0.730. The number of rotatable bonds is 11. The fraction of sp³-hybridized carbons (Fsp3) is 0.304. The van der Waals surface area contributed by atoms with E-state index in [1.807, 2.05) is 30.3 Å². The number of unbranched alkanes of at least 4 members (excludes halogenated alkanes) is 1. The molecule has 1 aliphatic rings. The molecule has 1 heterocycles. The van der Waals surface area contributed by atoms with E-state index in [-0.39, 0.29) is 29.6 Å². The van der Waals surface area contributed by atoms with Crippen molar-refractivity contribution in [1.82, 2.24) is 4.90 Å². The summed E-state index contributed by atoms with van der Waals surface area (Å²) in [4.78, 5) is 39.2. The Hall–Kier alpha value is -2.97. The topological polar surface area (TPSA) is 89.8 Å². The molecule has 0 saturated heterocycles. The van der Waals surface area contributed by atoms with E-state index >= 15 is 0 Å². The molecule has 0 atom stereocenters. The highest BCUT2D eigenvalue weighted by Crippen LogP contribution is 2.39. The molecule has 0 bridgehead atoms. The number of nitro groups is 1. The first-order chi connectivity index (χ1) is 15.0. The lowest BCUT2D eigenvalue weighted by Crippen LogP contribution is -2.33. The summed E-state index contributed by atoms with van der Waals surface area (Å²) in [6.07, 6.45) is 2.58. The molecule has 3 rings (SSSR count). The van der Waals surface area contributed by atoms with Crippen molar-refractivity contribution >= 4 is 34.8 Å². The molecule has 1 aliphatic heterocycles. The van der Waals surface area contributed by atoms with E-state index in [0.29, 0.717) is 30.1 Å². The number of hydrogen-bond acceptors (Lipinski definition) is 6. The van der Waals surface area contributed by atoms with Crippen LogP contribution in [0.4, 0.5) is 5.69 Å². The maximum atomic E-state index is 13.2. The molecular weight excluding hydrogens is 416 g/mol. The van der Waals surface area contributed by atoms with Gasteiger partial charge in [-0.15, -0.1) is 0 Å². The van der Waals surface area contributed by atoms with Crippen molar-refractivity contribution in [2.24, 2.45) is 0 Å². The first-order valence-corrected chi connectivity index (χ1v) is 11.0. The van der Waals surface area contributed by atoms with Gasteiger partial charge in [0.2, 0.25) is 0 Å². The fourth-order valence-electron chi connectivity index (χ4n) is 3.14. The molecular formula is C23H24N2O5S. The van der Waals surface area contributed by atoms with E-state index in [2.05, 4.69) is 6.92 Å². The summed E-state index contributed by atoms with van der Waals surface area (Å²) in [5.41, 5.74) is 0.698. The molecule has 2 aromatic carbocycles. The Kier molecular flexibility index (Phi) is 7.97. The number of nitrogens with zero attached hydrogens (tertiary/aromatic N) is 2. The van der Waals surface area contributed by atoms with Gasteiger partial charge in [0, 0.05) is 36.8 Å². The minimum atomic E-state index is -0.496. The van der Waals surface area contributed by atoms with E-state index in [1.165, 1.54) is 40.9 Å². The Balaban J connectivity index is 1.83. The predicted molar refractivity (Wildman–Crippen MR) is 119 cm³/mol. The third-order valence-corrected chi connectivity index (χ3v) is 5.86. The second-order valence-electron chi connectivity index (χ2n) is 7.00. The van der Waals surface area contributed by atoms with Crippen LogP contribution in [0.3, 0.4) is 0 Å². The Morgan fingerprint density at radius 3 is 2.29 bits per heavy atom. The van der Waals surface area contributed by atoms with Crippen molar-refractivity contribution in [1.29, 1.82) is 0 Å². The van der Waals surface area contributed by atoms with Gasteiger partial charge in [-0.2, -0.15) is 0 Å². The number of nitro benzene ring substituents is 1. The van der Waals surface area contributed by atoms with Gasteiger partial charge in [0.25, 0.3) is 17.5 Å². The summed E-state index contributed by atoms with van der Waals surface area (Å²) >= 11 is 1.23. The summed E-state index contributed by atoms with van der Waals surface area (Å²) in [5, 5.41) is 11.0. The lowest BCUT2D eigenvalue weighted by atomic mass is 10.1. The highest BCUT2D eigenvalue weighted by Gasteiger charge is 2.39. The van der Waals surface area contributed by atoms with Gasteiger partial charge in [-0.3, -0.25) is 24.6 Å². The van der Waals surface area contributed by atoms with Crippen LogP contribution in [0.15, 0.2) is 64.4 Å². The first kappa shape index (κ1) is 22.7. The molecule has 0 unspecified atom stereocenters. The molecule has 2 aromatic rings. The third-order valence-electron chi connectivity index (χ3n) is 4.77. The number of ether oxygens (including phenoxy) is 1. The zero-order valence-electron chi connectivity index (χ0n) is 17.3. The Bertz CT molecular complexity index is 973. The maximum Gasteiger partial charge on any atom is 0.269 e. The van der Waals surface area contributed by atoms with Crippen molar-refractivity contribution in [2.45, 2.75) is 31.1 Å². The number of imide groups is 1. The van der Waals surface area contributed by atoms with E-state index in [4.69, 9.17) is 4.74 Å². The number of carbonyl (C=O) groups excluding carboxylic acids is 2. The van der Waals surface area contributed by atoms with Crippen LogP contribution < -0.4 is 0 Å². The molecule has 0 spiro atoms.